The Kier molecular flexibility index (Phi) is 8.21. The SMILES string of the molecule is COc1ccc(N(CC(=O)N/N=C\c2cc(C)n(-c3cccc(C)c3)c2C)S(=O)(=O)c2ccc(C)cc2)cc1. The van der Waals surface area contributed by atoms with E-state index in [0.717, 1.165) is 38.1 Å². The van der Waals surface area contributed by atoms with Crippen LogP contribution in [0.25, 0.3) is 5.69 Å². The molecule has 0 spiro atoms. The molecule has 0 unspecified atom stereocenters. The van der Waals surface area contributed by atoms with E-state index < -0.39 is 22.5 Å². The van der Waals surface area contributed by atoms with Crippen LogP contribution in [0.15, 0.2) is 88.9 Å². The van der Waals surface area contributed by atoms with Gasteiger partial charge in [-0.2, -0.15) is 5.10 Å². The van der Waals surface area contributed by atoms with Crippen LogP contribution >= 0.6 is 0 Å². The molecule has 4 aromatic rings. The third kappa shape index (κ3) is 6.21. The minimum atomic E-state index is -4.03. The highest BCUT2D eigenvalue weighted by molar-refractivity contribution is 7.92. The summed E-state index contributed by atoms with van der Waals surface area (Å²) < 4.78 is 35.5. The molecule has 202 valence electrons. The molecule has 4 rings (SSSR count). The molecule has 0 radical (unpaired) electrons. The van der Waals surface area contributed by atoms with Gasteiger partial charge in [-0.25, -0.2) is 13.8 Å². The zero-order chi connectivity index (χ0) is 28.2. The molecule has 1 heterocycles. The molecule has 9 heteroatoms. The monoisotopic (exact) mass is 544 g/mol. The maximum absolute atomic E-state index is 13.5. The zero-order valence-corrected chi connectivity index (χ0v) is 23.5. The Hall–Kier alpha value is -4.37. The van der Waals surface area contributed by atoms with Gasteiger partial charge in [-0.15, -0.1) is 0 Å². The summed E-state index contributed by atoms with van der Waals surface area (Å²) in [7, 11) is -2.50. The fourth-order valence-corrected chi connectivity index (χ4v) is 5.74. The first-order valence-corrected chi connectivity index (χ1v) is 13.9. The van der Waals surface area contributed by atoms with Crippen LogP contribution in [0, 0.1) is 27.7 Å². The van der Waals surface area contributed by atoms with E-state index in [-0.39, 0.29) is 4.90 Å². The normalized spacial score (nSPS) is 11.5. The van der Waals surface area contributed by atoms with Crippen molar-refractivity contribution in [3.8, 4) is 11.4 Å². The largest absolute Gasteiger partial charge is 0.497 e. The molecule has 0 saturated heterocycles. The predicted octanol–water partition coefficient (Wildman–Crippen LogP) is 5.07. The molecule has 1 amide bonds. The van der Waals surface area contributed by atoms with Gasteiger partial charge < -0.3 is 9.30 Å². The van der Waals surface area contributed by atoms with Crippen LogP contribution in [0.5, 0.6) is 5.75 Å². The van der Waals surface area contributed by atoms with E-state index in [1.54, 1.807) is 42.6 Å². The second-order valence-corrected chi connectivity index (χ2v) is 11.2. The average molecular weight is 545 g/mol. The van der Waals surface area contributed by atoms with Gasteiger partial charge in [0.05, 0.1) is 23.9 Å². The number of carbonyl (C=O) groups is 1. The lowest BCUT2D eigenvalue weighted by Crippen LogP contribution is -2.39. The van der Waals surface area contributed by atoms with Crippen LogP contribution in [-0.2, 0) is 14.8 Å². The Morgan fingerprint density at radius 1 is 0.949 bits per heavy atom. The van der Waals surface area contributed by atoms with Gasteiger partial charge in [0.1, 0.15) is 12.3 Å². The highest BCUT2D eigenvalue weighted by Gasteiger charge is 2.27. The molecule has 0 bridgehead atoms. The van der Waals surface area contributed by atoms with Gasteiger partial charge in [0.25, 0.3) is 15.9 Å². The summed E-state index contributed by atoms with van der Waals surface area (Å²) in [5.41, 5.74) is 8.79. The van der Waals surface area contributed by atoms with Crippen LogP contribution in [0.1, 0.15) is 28.1 Å². The van der Waals surface area contributed by atoms with E-state index in [1.807, 2.05) is 52.0 Å². The molecule has 3 aromatic carbocycles. The number of aryl methyl sites for hydroxylation is 3. The van der Waals surface area contributed by atoms with Gasteiger partial charge in [0.15, 0.2) is 0 Å². The van der Waals surface area contributed by atoms with Gasteiger partial charge in [-0.3, -0.25) is 9.10 Å². The minimum absolute atomic E-state index is 0.0869. The number of hydrogen-bond donors (Lipinski definition) is 1. The van der Waals surface area contributed by atoms with Crippen LogP contribution in [0.2, 0.25) is 0 Å². The number of hydrogen-bond acceptors (Lipinski definition) is 5. The lowest BCUT2D eigenvalue weighted by atomic mass is 10.2. The molecule has 1 aromatic heterocycles. The molecular formula is C30H32N4O4S. The summed E-state index contributed by atoms with van der Waals surface area (Å²) in [5.74, 6) is -0.00556. The summed E-state index contributed by atoms with van der Waals surface area (Å²) in [4.78, 5) is 13.0. The van der Waals surface area contributed by atoms with E-state index in [4.69, 9.17) is 4.74 Å². The topological polar surface area (TPSA) is 93.0 Å². The first-order valence-electron chi connectivity index (χ1n) is 12.4. The van der Waals surface area contributed by atoms with Crippen LogP contribution < -0.4 is 14.5 Å². The van der Waals surface area contributed by atoms with Gasteiger partial charge in [-0.1, -0.05) is 29.8 Å². The third-order valence-corrected chi connectivity index (χ3v) is 8.17. The number of nitrogens with zero attached hydrogens (tertiary/aromatic N) is 3. The first kappa shape index (κ1) is 27.7. The van der Waals surface area contributed by atoms with E-state index in [9.17, 15) is 13.2 Å². The minimum Gasteiger partial charge on any atom is -0.497 e. The first-order chi connectivity index (χ1) is 18.6. The number of aromatic nitrogens is 1. The smallest absolute Gasteiger partial charge is 0.264 e. The van der Waals surface area contributed by atoms with Gasteiger partial charge in [-0.05, 0) is 87.9 Å². The number of nitrogens with one attached hydrogen (secondary N) is 1. The molecule has 0 atom stereocenters. The molecular weight excluding hydrogens is 512 g/mol. The molecule has 0 aliphatic heterocycles. The molecule has 39 heavy (non-hydrogen) atoms. The highest BCUT2D eigenvalue weighted by Crippen LogP contribution is 2.26. The molecule has 0 saturated carbocycles. The van der Waals surface area contributed by atoms with Crippen molar-refractivity contribution in [3.63, 3.8) is 0 Å². The van der Waals surface area contributed by atoms with Crippen LogP contribution in [-0.4, -0.2) is 38.8 Å². The Morgan fingerprint density at radius 2 is 1.64 bits per heavy atom. The van der Waals surface area contributed by atoms with Crippen molar-refractivity contribution in [2.75, 3.05) is 18.0 Å². The second-order valence-electron chi connectivity index (χ2n) is 9.32. The standard InChI is InChI=1S/C30H32N4O4S/c1-21-9-15-29(16-10-21)39(36,37)33(26-11-13-28(38-5)14-12-26)20-30(35)32-31-19-25-18-23(3)34(24(25)4)27-8-6-7-22(2)17-27/h6-19H,20H2,1-5H3,(H,32,35)/b31-19-. The summed E-state index contributed by atoms with van der Waals surface area (Å²) in [6.45, 7) is 7.46. The van der Waals surface area contributed by atoms with Gasteiger partial charge in [0.2, 0.25) is 0 Å². The molecule has 0 fully saturated rings. The van der Waals surface area contributed by atoms with E-state index in [0.29, 0.717) is 11.4 Å². The van der Waals surface area contributed by atoms with Crippen molar-refractivity contribution in [2.24, 2.45) is 5.10 Å². The molecule has 0 aliphatic rings. The molecule has 8 nitrogen and oxygen atoms in total. The maximum Gasteiger partial charge on any atom is 0.264 e. The lowest BCUT2D eigenvalue weighted by Gasteiger charge is -2.24. The summed E-state index contributed by atoms with van der Waals surface area (Å²) >= 11 is 0. The van der Waals surface area contributed by atoms with Crippen molar-refractivity contribution in [1.82, 2.24) is 9.99 Å². The fraction of sp³-hybridized carbons (Fsp3) is 0.200. The van der Waals surface area contributed by atoms with Crippen molar-refractivity contribution >= 4 is 27.8 Å². The second kappa shape index (κ2) is 11.6. The Bertz CT molecular complexity index is 1610. The van der Waals surface area contributed by atoms with Crippen LogP contribution in [0.3, 0.4) is 0 Å². The molecule has 1 N–H and O–H groups in total. The number of rotatable bonds is 9. The number of anilines is 1. The summed E-state index contributed by atoms with van der Waals surface area (Å²) in [6.07, 6.45) is 1.57. The average Bonchev–Trinajstić information content (AvgIpc) is 3.20. The Labute approximate surface area is 229 Å². The number of sulfonamides is 1. The van der Waals surface area contributed by atoms with E-state index in [2.05, 4.69) is 21.2 Å². The van der Waals surface area contributed by atoms with E-state index in [1.165, 1.54) is 19.2 Å². The van der Waals surface area contributed by atoms with E-state index >= 15 is 0 Å². The Balaban J connectivity index is 1.56. The number of benzene rings is 3. The fourth-order valence-electron chi connectivity index (χ4n) is 4.32. The number of hydrazone groups is 1. The third-order valence-electron chi connectivity index (χ3n) is 6.38. The highest BCUT2D eigenvalue weighted by atomic mass is 32.2. The summed E-state index contributed by atoms with van der Waals surface area (Å²) in [6, 6.07) is 23.2. The van der Waals surface area contributed by atoms with Crippen molar-refractivity contribution in [3.05, 3.63) is 107 Å². The maximum atomic E-state index is 13.5. The van der Waals surface area contributed by atoms with Gasteiger partial charge in [0, 0.05) is 22.6 Å². The van der Waals surface area contributed by atoms with Crippen molar-refractivity contribution in [1.29, 1.82) is 0 Å². The van der Waals surface area contributed by atoms with Crippen molar-refractivity contribution < 1.29 is 17.9 Å². The summed E-state index contributed by atoms with van der Waals surface area (Å²) in [5, 5.41) is 4.13. The zero-order valence-electron chi connectivity index (χ0n) is 22.7. The predicted molar refractivity (Wildman–Crippen MR) is 154 cm³/mol. The number of ether oxygens (including phenoxy) is 1. The number of carbonyl (C=O) groups excluding carboxylic acids is 1. The number of methoxy groups -OCH3 is 1. The molecule has 0 aliphatic carbocycles. The van der Waals surface area contributed by atoms with Crippen molar-refractivity contribution in [2.45, 2.75) is 32.6 Å². The Morgan fingerprint density at radius 3 is 2.28 bits per heavy atom. The quantitative estimate of drug-likeness (QED) is 0.235. The lowest BCUT2D eigenvalue weighted by molar-refractivity contribution is -0.119. The van der Waals surface area contributed by atoms with Gasteiger partial charge >= 0.3 is 0 Å². The van der Waals surface area contributed by atoms with Crippen LogP contribution in [0.4, 0.5) is 5.69 Å². The number of amides is 1.